The fourth-order valence-electron chi connectivity index (χ4n) is 2.88. The molecule has 106 valence electrons. The molecule has 0 amide bonds. The Labute approximate surface area is 118 Å². The average molecular weight is 282 g/mol. The van der Waals surface area contributed by atoms with Gasteiger partial charge in [-0.2, -0.15) is 0 Å². The van der Waals surface area contributed by atoms with Crippen molar-refractivity contribution in [1.29, 1.82) is 0 Å². The minimum absolute atomic E-state index is 0.341. The van der Waals surface area contributed by atoms with Crippen LogP contribution in [0.5, 0.6) is 0 Å². The number of aromatic nitrogens is 1. The molecule has 4 nitrogen and oxygen atoms in total. The summed E-state index contributed by atoms with van der Waals surface area (Å²) in [5, 5.41) is 13.0. The summed E-state index contributed by atoms with van der Waals surface area (Å²) in [7, 11) is 0. The first kappa shape index (κ1) is 14.3. The van der Waals surface area contributed by atoms with Gasteiger partial charge in [-0.3, -0.25) is 0 Å². The molecule has 2 atom stereocenters. The van der Waals surface area contributed by atoms with Crippen molar-refractivity contribution in [2.75, 3.05) is 11.9 Å². The number of nitrogens with zero attached hydrogens (tertiary/aromatic N) is 1. The molecule has 0 bridgehead atoms. The van der Waals surface area contributed by atoms with E-state index < -0.39 is 5.97 Å². The number of hydrogen-bond donors (Lipinski definition) is 2. The highest BCUT2D eigenvalue weighted by molar-refractivity contribution is 7.17. The number of aromatic carboxylic acids is 1. The van der Waals surface area contributed by atoms with Gasteiger partial charge in [-0.1, -0.05) is 37.5 Å². The molecule has 1 aromatic heterocycles. The minimum Gasteiger partial charge on any atom is -0.477 e. The van der Waals surface area contributed by atoms with Crippen LogP contribution in [-0.2, 0) is 0 Å². The minimum atomic E-state index is -0.885. The first-order valence-corrected chi connectivity index (χ1v) is 7.82. The predicted molar refractivity (Wildman–Crippen MR) is 78.0 cm³/mol. The Bertz CT molecular complexity index is 445. The van der Waals surface area contributed by atoms with E-state index in [0.717, 1.165) is 29.9 Å². The van der Waals surface area contributed by atoms with E-state index in [4.69, 9.17) is 5.11 Å². The molecule has 0 aromatic carbocycles. The Kier molecular flexibility index (Phi) is 4.80. The Morgan fingerprint density at radius 1 is 1.53 bits per heavy atom. The van der Waals surface area contributed by atoms with E-state index in [1.807, 2.05) is 0 Å². The molecule has 1 fully saturated rings. The largest absolute Gasteiger partial charge is 0.477 e. The van der Waals surface area contributed by atoms with Crippen LogP contribution in [0.3, 0.4) is 0 Å². The van der Waals surface area contributed by atoms with Crippen LogP contribution in [-0.4, -0.2) is 22.6 Å². The van der Waals surface area contributed by atoms with Gasteiger partial charge in [0.2, 0.25) is 0 Å². The molecule has 1 aromatic rings. The van der Waals surface area contributed by atoms with E-state index in [1.54, 1.807) is 6.92 Å². The molecule has 5 heteroatoms. The second-order valence-electron chi connectivity index (χ2n) is 5.59. The number of carboxylic acid groups (broad SMARTS) is 1. The molecule has 1 aliphatic carbocycles. The zero-order valence-electron chi connectivity index (χ0n) is 11.6. The normalized spacial score (nSPS) is 23.3. The van der Waals surface area contributed by atoms with Crippen LogP contribution >= 0.6 is 11.3 Å². The zero-order chi connectivity index (χ0) is 13.8. The number of carboxylic acids is 1. The molecule has 0 spiro atoms. The van der Waals surface area contributed by atoms with Crippen LogP contribution in [0.2, 0.25) is 0 Å². The zero-order valence-corrected chi connectivity index (χ0v) is 12.4. The van der Waals surface area contributed by atoms with Gasteiger partial charge in [0, 0.05) is 6.54 Å². The van der Waals surface area contributed by atoms with Crippen molar-refractivity contribution < 1.29 is 9.90 Å². The van der Waals surface area contributed by atoms with Gasteiger partial charge in [-0.15, -0.1) is 0 Å². The number of anilines is 1. The number of rotatable bonds is 5. The maximum atomic E-state index is 10.9. The highest BCUT2D eigenvalue weighted by atomic mass is 32.1. The number of aryl methyl sites for hydroxylation is 1. The maximum absolute atomic E-state index is 10.9. The van der Waals surface area contributed by atoms with E-state index in [1.165, 1.54) is 37.0 Å². The lowest BCUT2D eigenvalue weighted by Gasteiger charge is -2.26. The summed E-state index contributed by atoms with van der Waals surface area (Å²) in [5.74, 6) is 0.792. The summed E-state index contributed by atoms with van der Waals surface area (Å²) >= 11 is 1.23. The van der Waals surface area contributed by atoms with Gasteiger partial charge >= 0.3 is 5.97 Å². The molecule has 2 unspecified atom stereocenters. The molecular weight excluding hydrogens is 260 g/mol. The number of hydrogen-bond acceptors (Lipinski definition) is 4. The maximum Gasteiger partial charge on any atom is 0.347 e. The van der Waals surface area contributed by atoms with E-state index in [2.05, 4.69) is 17.2 Å². The molecule has 2 rings (SSSR count). The number of carbonyl (C=O) groups is 1. The smallest absolute Gasteiger partial charge is 0.347 e. The molecule has 1 heterocycles. The number of nitrogens with one attached hydrogen (secondary N) is 1. The van der Waals surface area contributed by atoms with Crippen molar-refractivity contribution in [3.05, 3.63) is 10.6 Å². The molecule has 0 radical (unpaired) electrons. The predicted octanol–water partition coefficient (Wildman–Crippen LogP) is 3.78. The van der Waals surface area contributed by atoms with E-state index in [9.17, 15) is 4.79 Å². The van der Waals surface area contributed by atoms with Crippen LogP contribution < -0.4 is 5.32 Å². The van der Waals surface area contributed by atoms with Gasteiger partial charge in [-0.05, 0) is 31.6 Å². The fraction of sp³-hybridized carbons (Fsp3) is 0.714. The fourth-order valence-corrected chi connectivity index (χ4v) is 3.71. The lowest BCUT2D eigenvalue weighted by molar-refractivity contribution is 0.0701. The van der Waals surface area contributed by atoms with Crippen LogP contribution in [0.15, 0.2) is 0 Å². The van der Waals surface area contributed by atoms with Gasteiger partial charge < -0.3 is 10.4 Å². The van der Waals surface area contributed by atoms with E-state index >= 15 is 0 Å². The van der Waals surface area contributed by atoms with Gasteiger partial charge in [0.15, 0.2) is 5.13 Å². The lowest BCUT2D eigenvalue weighted by Crippen LogP contribution is -2.16. The Hall–Kier alpha value is -1.10. The molecule has 19 heavy (non-hydrogen) atoms. The quantitative estimate of drug-likeness (QED) is 0.862. The average Bonchev–Trinajstić information content (AvgIpc) is 2.71. The van der Waals surface area contributed by atoms with Crippen molar-refractivity contribution in [2.24, 2.45) is 11.8 Å². The molecule has 0 saturated heterocycles. The summed E-state index contributed by atoms with van der Waals surface area (Å²) in [4.78, 5) is 15.5. The van der Waals surface area contributed by atoms with E-state index in [-0.39, 0.29) is 0 Å². The summed E-state index contributed by atoms with van der Waals surface area (Å²) in [6.07, 6.45) is 6.55. The standard InChI is InChI=1S/C14H22N2O2S/c1-9-4-3-5-11(8-9)6-7-15-14-16-10(2)12(19-14)13(17)18/h9,11H,3-8H2,1-2H3,(H,15,16)(H,17,18). The molecule has 1 aliphatic rings. The first-order chi connectivity index (χ1) is 9.06. The lowest BCUT2D eigenvalue weighted by atomic mass is 9.81. The van der Waals surface area contributed by atoms with Crippen molar-refractivity contribution in [2.45, 2.75) is 46.0 Å². The third kappa shape index (κ3) is 3.93. The van der Waals surface area contributed by atoms with Gasteiger partial charge in [-0.25, -0.2) is 9.78 Å². The van der Waals surface area contributed by atoms with Crippen LogP contribution in [0, 0.1) is 18.8 Å². The summed E-state index contributed by atoms with van der Waals surface area (Å²) < 4.78 is 0. The highest BCUT2D eigenvalue weighted by Crippen LogP contribution is 2.31. The summed E-state index contributed by atoms with van der Waals surface area (Å²) in [5.41, 5.74) is 0.603. The second-order valence-corrected chi connectivity index (χ2v) is 6.59. The topological polar surface area (TPSA) is 62.2 Å². The summed E-state index contributed by atoms with van der Waals surface area (Å²) in [6, 6.07) is 0. The molecule has 2 N–H and O–H groups in total. The Morgan fingerprint density at radius 3 is 2.95 bits per heavy atom. The Balaban J connectivity index is 1.79. The third-order valence-corrected chi connectivity index (χ3v) is 4.97. The van der Waals surface area contributed by atoms with Crippen LogP contribution in [0.25, 0.3) is 0 Å². The summed E-state index contributed by atoms with van der Waals surface area (Å²) in [6.45, 7) is 4.97. The van der Waals surface area contributed by atoms with Crippen LogP contribution in [0.1, 0.15) is 54.4 Å². The van der Waals surface area contributed by atoms with Crippen LogP contribution in [0.4, 0.5) is 5.13 Å². The van der Waals surface area contributed by atoms with Gasteiger partial charge in [0.05, 0.1) is 5.69 Å². The third-order valence-electron chi connectivity index (χ3n) is 3.86. The first-order valence-electron chi connectivity index (χ1n) is 7.01. The van der Waals surface area contributed by atoms with E-state index in [0.29, 0.717) is 10.6 Å². The number of thiazole rings is 1. The van der Waals surface area contributed by atoms with Gasteiger partial charge in [0.25, 0.3) is 0 Å². The van der Waals surface area contributed by atoms with Crippen molar-refractivity contribution in [3.8, 4) is 0 Å². The molecule has 1 saturated carbocycles. The van der Waals surface area contributed by atoms with Gasteiger partial charge in [0.1, 0.15) is 4.88 Å². The SMILES string of the molecule is Cc1nc(NCCC2CCCC(C)C2)sc1C(=O)O. The monoisotopic (exact) mass is 282 g/mol. The van der Waals surface area contributed by atoms with Crippen molar-refractivity contribution >= 4 is 22.4 Å². The second kappa shape index (κ2) is 6.37. The Morgan fingerprint density at radius 2 is 2.32 bits per heavy atom. The molecular formula is C14H22N2O2S. The van der Waals surface area contributed by atoms with Crippen molar-refractivity contribution in [1.82, 2.24) is 4.98 Å². The van der Waals surface area contributed by atoms with Crippen molar-refractivity contribution in [3.63, 3.8) is 0 Å². The highest BCUT2D eigenvalue weighted by Gasteiger charge is 2.19. The molecule has 0 aliphatic heterocycles.